The lowest BCUT2D eigenvalue weighted by molar-refractivity contribution is 0.170. The fourth-order valence-electron chi connectivity index (χ4n) is 3.12. The quantitative estimate of drug-likeness (QED) is 0.870. The average Bonchev–Trinajstić information content (AvgIpc) is 2.62. The summed E-state index contributed by atoms with van der Waals surface area (Å²) in [4.78, 5) is 11.7. The van der Waals surface area contributed by atoms with E-state index in [2.05, 4.69) is 11.6 Å². The van der Waals surface area contributed by atoms with Crippen molar-refractivity contribution in [1.82, 2.24) is 4.57 Å². The third-order valence-corrected chi connectivity index (χ3v) is 6.00. The van der Waals surface area contributed by atoms with E-state index < -0.39 is 10.0 Å². The number of aromatic nitrogens is 1. The van der Waals surface area contributed by atoms with Crippen LogP contribution in [0.1, 0.15) is 32.3 Å². The molecule has 7 heteroatoms. The molecule has 0 amide bonds. The van der Waals surface area contributed by atoms with Gasteiger partial charge >= 0.3 is 0 Å². The molecule has 1 aromatic heterocycles. The molecule has 2 aromatic rings. The molecule has 0 aliphatic carbocycles. The number of nitrogens with zero attached hydrogens (tertiary/aromatic N) is 1. The van der Waals surface area contributed by atoms with Crippen molar-refractivity contribution in [2.24, 2.45) is 7.05 Å². The van der Waals surface area contributed by atoms with Gasteiger partial charge in [-0.25, -0.2) is 8.42 Å². The van der Waals surface area contributed by atoms with Gasteiger partial charge in [0.25, 0.3) is 0 Å². The molecule has 2 heterocycles. The molecule has 1 aromatic carbocycles. The van der Waals surface area contributed by atoms with Gasteiger partial charge in [0.1, 0.15) is 5.75 Å². The lowest BCUT2D eigenvalue weighted by Gasteiger charge is -2.28. The zero-order valence-electron chi connectivity index (χ0n) is 15.3. The zero-order valence-corrected chi connectivity index (χ0v) is 16.1. The third-order valence-electron chi connectivity index (χ3n) is 4.69. The summed E-state index contributed by atoms with van der Waals surface area (Å²) in [6, 6.07) is 6.88. The molecule has 0 bridgehead atoms. The third kappa shape index (κ3) is 3.77. The zero-order chi connectivity index (χ0) is 18.9. The van der Waals surface area contributed by atoms with Crippen molar-refractivity contribution >= 4 is 15.7 Å². The summed E-state index contributed by atoms with van der Waals surface area (Å²) in [5.74, 6) is 0.786. The van der Waals surface area contributed by atoms with Crippen molar-refractivity contribution < 1.29 is 13.2 Å². The molecule has 140 valence electrons. The molecule has 1 N–H and O–H groups in total. The predicted molar refractivity (Wildman–Crippen MR) is 103 cm³/mol. The minimum Gasteiger partial charge on any atom is -0.489 e. The van der Waals surface area contributed by atoms with E-state index in [-0.39, 0.29) is 17.4 Å². The molecule has 1 atom stereocenters. The molecular weight excluding hydrogens is 352 g/mol. The first-order valence-corrected chi connectivity index (χ1v) is 10.5. The van der Waals surface area contributed by atoms with Gasteiger partial charge < -0.3 is 9.30 Å². The number of sulfonamides is 1. The van der Waals surface area contributed by atoms with E-state index >= 15 is 0 Å². The largest absolute Gasteiger partial charge is 0.489 e. The SMILES string of the molecule is CCC1CCc2cc(NS(=O)(=O)CC)cc(-c3ccc(=O)n(C)c3)c2O1. The van der Waals surface area contributed by atoms with Gasteiger partial charge in [0.15, 0.2) is 0 Å². The van der Waals surface area contributed by atoms with Crippen molar-refractivity contribution in [1.29, 1.82) is 0 Å². The molecule has 3 rings (SSSR count). The second kappa shape index (κ2) is 7.15. The van der Waals surface area contributed by atoms with Crippen LogP contribution in [0.2, 0.25) is 0 Å². The Bertz CT molecular complexity index is 980. The van der Waals surface area contributed by atoms with Crippen LogP contribution in [0, 0.1) is 0 Å². The number of ether oxygens (including phenoxy) is 1. The fourth-order valence-corrected chi connectivity index (χ4v) is 3.74. The minimum absolute atomic E-state index is 0.00760. The standard InChI is InChI=1S/C19H24N2O4S/c1-4-16-8-6-13-10-15(20-26(23,24)5-2)11-17(19(13)25-16)14-7-9-18(22)21(3)12-14/h7,9-12,16,20H,4-6,8H2,1-3H3. The molecule has 1 aliphatic rings. The van der Waals surface area contributed by atoms with Gasteiger partial charge in [-0.05, 0) is 49.9 Å². The Morgan fingerprint density at radius 2 is 2.04 bits per heavy atom. The summed E-state index contributed by atoms with van der Waals surface area (Å²) < 4.78 is 34.3. The van der Waals surface area contributed by atoms with Gasteiger partial charge in [-0.3, -0.25) is 9.52 Å². The van der Waals surface area contributed by atoms with Gasteiger partial charge in [0, 0.05) is 36.1 Å². The smallest absolute Gasteiger partial charge is 0.250 e. The second-order valence-electron chi connectivity index (χ2n) is 6.57. The summed E-state index contributed by atoms with van der Waals surface area (Å²) in [7, 11) is -1.68. The van der Waals surface area contributed by atoms with Gasteiger partial charge in [-0.2, -0.15) is 0 Å². The number of pyridine rings is 1. The lowest BCUT2D eigenvalue weighted by Crippen LogP contribution is -2.23. The highest BCUT2D eigenvalue weighted by Crippen LogP contribution is 2.40. The van der Waals surface area contributed by atoms with E-state index in [1.165, 1.54) is 10.6 Å². The van der Waals surface area contributed by atoms with Crippen molar-refractivity contribution in [2.75, 3.05) is 10.5 Å². The highest BCUT2D eigenvalue weighted by Gasteiger charge is 2.24. The molecule has 6 nitrogen and oxygen atoms in total. The van der Waals surface area contributed by atoms with Crippen LogP contribution in [0.5, 0.6) is 5.75 Å². The molecule has 0 saturated carbocycles. The molecule has 0 spiro atoms. The van der Waals surface area contributed by atoms with Crippen LogP contribution < -0.4 is 15.0 Å². The Labute approximate surface area is 153 Å². The number of anilines is 1. The number of rotatable bonds is 5. The summed E-state index contributed by atoms with van der Waals surface area (Å²) in [5, 5.41) is 0. The summed E-state index contributed by atoms with van der Waals surface area (Å²) in [5.41, 5.74) is 3.02. The first kappa shape index (κ1) is 18.5. The van der Waals surface area contributed by atoms with Crippen molar-refractivity contribution in [3.63, 3.8) is 0 Å². The van der Waals surface area contributed by atoms with Crippen LogP contribution in [0.3, 0.4) is 0 Å². The Balaban J connectivity index is 2.15. The number of benzene rings is 1. The van der Waals surface area contributed by atoms with Crippen molar-refractivity contribution in [2.45, 2.75) is 39.2 Å². The molecule has 1 aliphatic heterocycles. The van der Waals surface area contributed by atoms with Gasteiger partial charge in [0.05, 0.1) is 11.9 Å². The van der Waals surface area contributed by atoms with Crippen LogP contribution >= 0.6 is 0 Å². The molecular formula is C19H24N2O4S. The number of nitrogens with one attached hydrogen (secondary N) is 1. The maximum Gasteiger partial charge on any atom is 0.250 e. The Morgan fingerprint density at radius 1 is 1.27 bits per heavy atom. The Kier molecular flexibility index (Phi) is 5.09. The lowest BCUT2D eigenvalue weighted by atomic mass is 9.95. The fraction of sp³-hybridized carbons (Fsp3) is 0.421. The van der Waals surface area contributed by atoms with Crippen molar-refractivity contribution in [3.8, 4) is 16.9 Å². The number of fused-ring (bicyclic) bond motifs is 1. The topological polar surface area (TPSA) is 77.4 Å². The van der Waals surface area contributed by atoms with Gasteiger partial charge in [-0.1, -0.05) is 6.92 Å². The Hall–Kier alpha value is -2.28. The van der Waals surface area contributed by atoms with Gasteiger partial charge in [0.2, 0.25) is 15.6 Å². The van der Waals surface area contributed by atoms with E-state index in [1.54, 1.807) is 32.3 Å². The number of hydrogen-bond donors (Lipinski definition) is 1. The van der Waals surface area contributed by atoms with Crippen LogP contribution in [0.25, 0.3) is 11.1 Å². The summed E-state index contributed by atoms with van der Waals surface area (Å²) in [6.07, 6.45) is 4.53. The molecule has 0 radical (unpaired) electrons. The first-order chi connectivity index (χ1) is 12.3. The maximum absolute atomic E-state index is 12.0. The highest BCUT2D eigenvalue weighted by molar-refractivity contribution is 7.92. The van der Waals surface area contributed by atoms with E-state index in [1.807, 2.05) is 6.07 Å². The van der Waals surface area contributed by atoms with E-state index in [9.17, 15) is 13.2 Å². The van der Waals surface area contributed by atoms with Crippen molar-refractivity contribution in [3.05, 3.63) is 46.4 Å². The Morgan fingerprint density at radius 3 is 2.69 bits per heavy atom. The summed E-state index contributed by atoms with van der Waals surface area (Å²) in [6.45, 7) is 3.69. The monoisotopic (exact) mass is 376 g/mol. The average molecular weight is 376 g/mol. The van der Waals surface area contributed by atoms with E-state index in [4.69, 9.17) is 4.74 Å². The van der Waals surface area contributed by atoms with Crippen LogP contribution in [0.4, 0.5) is 5.69 Å². The predicted octanol–water partition coefficient (Wildman–Crippen LogP) is 2.92. The highest BCUT2D eigenvalue weighted by atomic mass is 32.2. The van der Waals surface area contributed by atoms with E-state index in [0.717, 1.165) is 41.7 Å². The summed E-state index contributed by atoms with van der Waals surface area (Å²) >= 11 is 0. The maximum atomic E-state index is 12.0. The van der Waals surface area contributed by atoms with Crippen LogP contribution in [0.15, 0.2) is 35.3 Å². The molecule has 1 unspecified atom stereocenters. The molecule has 26 heavy (non-hydrogen) atoms. The molecule has 0 fully saturated rings. The van der Waals surface area contributed by atoms with Crippen LogP contribution in [-0.2, 0) is 23.5 Å². The number of hydrogen-bond acceptors (Lipinski definition) is 4. The first-order valence-electron chi connectivity index (χ1n) is 8.84. The number of aryl methyl sites for hydroxylation is 2. The molecule has 0 saturated heterocycles. The van der Waals surface area contributed by atoms with Crippen LogP contribution in [-0.4, -0.2) is 24.8 Å². The second-order valence-corrected chi connectivity index (χ2v) is 8.58. The normalized spacial score (nSPS) is 16.7. The van der Waals surface area contributed by atoms with E-state index in [0.29, 0.717) is 5.69 Å². The van der Waals surface area contributed by atoms with Gasteiger partial charge in [-0.15, -0.1) is 0 Å². The minimum atomic E-state index is -3.37.